The summed E-state index contributed by atoms with van der Waals surface area (Å²) < 4.78 is 6.74. The van der Waals surface area contributed by atoms with E-state index in [1.807, 2.05) is 31.2 Å². The van der Waals surface area contributed by atoms with Gasteiger partial charge in [-0.25, -0.2) is 0 Å². The summed E-state index contributed by atoms with van der Waals surface area (Å²) in [5.74, 6) is 1.10. The lowest BCUT2D eigenvalue weighted by Gasteiger charge is -2.03. The summed E-state index contributed by atoms with van der Waals surface area (Å²) in [7, 11) is 1.58. The van der Waals surface area contributed by atoms with E-state index in [0.717, 1.165) is 11.1 Å². The fourth-order valence-electron chi connectivity index (χ4n) is 2.54. The van der Waals surface area contributed by atoms with E-state index in [4.69, 9.17) is 4.74 Å². The molecular weight excluding hydrogens is 350 g/mol. The van der Waals surface area contributed by atoms with E-state index >= 15 is 0 Å². The van der Waals surface area contributed by atoms with Gasteiger partial charge >= 0.3 is 0 Å². The van der Waals surface area contributed by atoms with Gasteiger partial charge in [-0.05, 0) is 37.3 Å². The van der Waals surface area contributed by atoms with Gasteiger partial charge in [0.1, 0.15) is 5.75 Å². The first-order valence-electron chi connectivity index (χ1n) is 7.89. The predicted octanol–water partition coefficient (Wildman–Crippen LogP) is 3.42. The van der Waals surface area contributed by atoms with E-state index < -0.39 is 0 Å². The van der Waals surface area contributed by atoms with Gasteiger partial charge in [0.15, 0.2) is 5.82 Å². The Morgan fingerprint density at radius 3 is 2.69 bits per heavy atom. The number of aryl methyl sites for hydroxylation is 1. The smallest absolute Gasteiger partial charge is 0.257 e. The van der Waals surface area contributed by atoms with Crippen LogP contribution in [0.4, 0.5) is 5.13 Å². The molecule has 0 aliphatic rings. The summed E-state index contributed by atoms with van der Waals surface area (Å²) in [4.78, 5) is 13.0. The average molecular weight is 365 g/mol. The Balaban J connectivity index is 1.60. The van der Waals surface area contributed by atoms with Gasteiger partial charge in [0.05, 0.1) is 7.11 Å². The monoisotopic (exact) mass is 365 g/mol. The second-order valence-corrected chi connectivity index (χ2v) is 6.63. The molecule has 2 aromatic carbocycles. The molecule has 130 valence electrons. The molecule has 0 saturated heterocycles. The highest BCUT2D eigenvalue weighted by atomic mass is 32.1. The third-order valence-electron chi connectivity index (χ3n) is 3.84. The van der Waals surface area contributed by atoms with E-state index in [9.17, 15) is 4.79 Å². The molecule has 1 amide bonds. The fraction of sp³-hybridized carbons (Fsp3) is 0.111. The fourth-order valence-corrected chi connectivity index (χ4v) is 3.28. The lowest BCUT2D eigenvalue weighted by Crippen LogP contribution is -2.11. The molecule has 0 radical (unpaired) electrons. The standard InChI is InChI=1S/C18H15N5O2S/c1-11-4-3-5-13(10-11)15-20-21-18-23(15)22-17(26-18)19-16(24)12-6-8-14(25-2)9-7-12/h3-10H,1-2H3,(H,19,22,24). The van der Waals surface area contributed by atoms with E-state index in [0.29, 0.717) is 27.2 Å². The van der Waals surface area contributed by atoms with Crippen molar-refractivity contribution in [1.82, 2.24) is 19.8 Å². The Morgan fingerprint density at radius 2 is 1.96 bits per heavy atom. The van der Waals surface area contributed by atoms with Crippen LogP contribution in [0.2, 0.25) is 0 Å². The molecule has 0 saturated carbocycles. The number of rotatable bonds is 4. The van der Waals surface area contributed by atoms with Gasteiger partial charge in [-0.3, -0.25) is 10.1 Å². The average Bonchev–Trinajstić information content (AvgIpc) is 3.21. The molecule has 26 heavy (non-hydrogen) atoms. The number of hydrogen-bond acceptors (Lipinski definition) is 6. The van der Waals surface area contributed by atoms with Crippen molar-refractivity contribution < 1.29 is 9.53 Å². The van der Waals surface area contributed by atoms with Crippen LogP contribution in [0.15, 0.2) is 48.5 Å². The van der Waals surface area contributed by atoms with Crippen molar-refractivity contribution in [2.45, 2.75) is 6.92 Å². The van der Waals surface area contributed by atoms with Crippen molar-refractivity contribution in [1.29, 1.82) is 0 Å². The zero-order valence-corrected chi connectivity index (χ0v) is 14.9. The summed E-state index contributed by atoms with van der Waals surface area (Å²) >= 11 is 1.27. The second-order valence-electron chi connectivity index (χ2n) is 5.68. The van der Waals surface area contributed by atoms with Gasteiger partial charge in [-0.2, -0.15) is 4.52 Å². The zero-order chi connectivity index (χ0) is 18.1. The molecule has 4 aromatic rings. The van der Waals surface area contributed by atoms with Gasteiger partial charge < -0.3 is 4.74 Å². The summed E-state index contributed by atoms with van der Waals surface area (Å²) in [6.07, 6.45) is 0. The van der Waals surface area contributed by atoms with Crippen molar-refractivity contribution in [3.05, 3.63) is 59.7 Å². The van der Waals surface area contributed by atoms with E-state index in [-0.39, 0.29) is 5.91 Å². The Kier molecular flexibility index (Phi) is 4.10. The number of carbonyl (C=O) groups excluding carboxylic acids is 1. The van der Waals surface area contributed by atoms with Crippen LogP contribution in [0.25, 0.3) is 16.3 Å². The van der Waals surface area contributed by atoms with Gasteiger partial charge in [0, 0.05) is 11.1 Å². The number of amides is 1. The number of anilines is 1. The molecule has 0 aliphatic carbocycles. The third kappa shape index (κ3) is 3.02. The van der Waals surface area contributed by atoms with Gasteiger partial charge in [0.25, 0.3) is 5.91 Å². The van der Waals surface area contributed by atoms with Gasteiger partial charge in [0.2, 0.25) is 10.1 Å². The summed E-state index contributed by atoms with van der Waals surface area (Å²) in [6, 6.07) is 14.8. The number of benzene rings is 2. The number of nitrogens with zero attached hydrogens (tertiary/aromatic N) is 4. The van der Waals surface area contributed by atoms with Crippen LogP contribution >= 0.6 is 11.3 Å². The number of nitrogens with one attached hydrogen (secondary N) is 1. The van der Waals surface area contributed by atoms with Crippen LogP contribution in [-0.4, -0.2) is 32.8 Å². The van der Waals surface area contributed by atoms with E-state index in [1.54, 1.807) is 35.9 Å². The summed E-state index contributed by atoms with van der Waals surface area (Å²) in [6.45, 7) is 2.02. The first-order valence-corrected chi connectivity index (χ1v) is 8.70. The zero-order valence-electron chi connectivity index (χ0n) is 14.1. The van der Waals surface area contributed by atoms with Gasteiger partial charge in [-0.15, -0.1) is 15.3 Å². The number of carbonyl (C=O) groups is 1. The van der Waals surface area contributed by atoms with Crippen molar-refractivity contribution in [3.8, 4) is 17.1 Å². The SMILES string of the molecule is COc1ccc(C(=O)Nc2nn3c(-c4cccc(C)c4)nnc3s2)cc1. The molecule has 0 bridgehead atoms. The number of fused-ring (bicyclic) bond motifs is 1. The molecule has 0 fully saturated rings. The predicted molar refractivity (Wildman–Crippen MR) is 99.8 cm³/mol. The van der Waals surface area contributed by atoms with Crippen molar-refractivity contribution in [2.24, 2.45) is 0 Å². The Morgan fingerprint density at radius 1 is 1.15 bits per heavy atom. The van der Waals surface area contributed by atoms with Crippen molar-refractivity contribution in [2.75, 3.05) is 12.4 Å². The maximum absolute atomic E-state index is 12.4. The Labute approximate surface area is 153 Å². The molecule has 1 N–H and O–H groups in total. The first kappa shape index (κ1) is 16.2. The molecule has 7 nitrogen and oxygen atoms in total. The Bertz CT molecular complexity index is 1080. The molecule has 0 atom stereocenters. The van der Waals surface area contributed by atoms with Crippen LogP contribution in [0.1, 0.15) is 15.9 Å². The van der Waals surface area contributed by atoms with Gasteiger partial charge in [-0.1, -0.05) is 35.1 Å². The largest absolute Gasteiger partial charge is 0.497 e. The molecule has 4 rings (SSSR count). The van der Waals surface area contributed by atoms with Crippen LogP contribution < -0.4 is 10.1 Å². The number of methoxy groups -OCH3 is 1. The first-order chi connectivity index (χ1) is 12.6. The maximum atomic E-state index is 12.4. The minimum Gasteiger partial charge on any atom is -0.497 e. The van der Waals surface area contributed by atoms with Crippen LogP contribution in [-0.2, 0) is 0 Å². The molecule has 2 aromatic heterocycles. The molecule has 2 heterocycles. The molecule has 0 spiro atoms. The van der Waals surface area contributed by atoms with Crippen LogP contribution in [0.5, 0.6) is 5.75 Å². The second kappa shape index (κ2) is 6.57. The van der Waals surface area contributed by atoms with Crippen molar-refractivity contribution in [3.63, 3.8) is 0 Å². The highest BCUT2D eigenvalue weighted by Gasteiger charge is 2.15. The summed E-state index contributed by atoms with van der Waals surface area (Å²) in [5.41, 5.74) is 2.58. The molecular formula is C18H15N5O2S. The number of ether oxygens (including phenoxy) is 1. The third-order valence-corrected chi connectivity index (χ3v) is 4.65. The highest BCUT2D eigenvalue weighted by molar-refractivity contribution is 7.20. The maximum Gasteiger partial charge on any atom is 0.257 e. The molecule has 8 heteroatoms. The van der Waals surface area contributed by atoms with Crippen molar-refractivity contribution >= 4 is 27.3 Å². The van der Waals surface area contributed by atoms with Crippen LogP contribution in [0, 0.1) is 6.92 Å². The number of aromatic nitrogens is 4. The highest BCUT2D eigenvalue weighted by Crippen LogP contribution is 2.25. The normalized spacial score (nSPS) is 10.8. The van der Waals surface area contributed by atoms with Crippen LogP contribution in [0.3, 0.4) is 0 Å². The minimum atomic E-state index is -0.241. The van der Waals surface area contributed by atoms with E-state index in [1.165, 1.54) is 11.3 Å². The summed E-state index contributed by atoms with van der Waals surface area (Å²) in [5, 5.41) is 16.0. The Hall–Kier alpha value is -3.26. The quantitative estimate of drug-likeness (QED) is 0.599. The lowest BCUT2D eigenvalue weighted by molar-refractivity contribution is 0.102. The lowest BCUT2D eigenvalue weighted by atomic mass is 10.1. The number of hydrogen-bond donors (Lipinski definition) is 1. The topological polar surface area (TPSA) is 81.4 Å². The minimum absolute atomic E-state index is 0.241. The van der Waals surface area contributed by atoms with E-state index in [2.05, 4.69) is 20.6 Å². The molecule has 0 aliphatic heterocycles. The molecule has 0 unspecified atom stereocenters.